The highest BCUT2D eigenvalue weighted by Crippen LogP contribution is 2.65. The summed E-state index contributed by atoms with van der Waals surface area (Å²) in [6, 6.07) is 15.4. The Kier molecular flexibility index (Phi) is 7.98. The normalized spacial score (nSPS) is 29.6. The van der Waals surface area contributed by atoms with Gasteiger partial charge in [0.05, 0.1) is 35.6 Å². The highest BCUT2D eigenvalue weighted by Gasteiger charge is 2.68. The molecule has 0 radical (unpaired) electrons. The molecule has 4 heterocycles. The number of hydrogen-bond donors (Lipinski definition) is 2. The first kappa shape index (κ1) is 31.9. The van der Waals surface area contributed by atoms with E-state index in [4.69, 9.17) is 14.1 Å². The molecule has 11 heteroatoms. The number of carbonyl (C=O) groups excluding carboxylic acids is 2. The molecular formula is C36H46BN5O5. The maximum absolute atomic E-state index is 14.4. The topological polar surface area (TPSA) is 116 Å². The zero-order valence-electron chi connectivity index (χ0n) is 28.3. The largest absolute Gasteiger partial charge is 0.481 e. The van der Waals surface area contributed by atoms with Crippen LogP contribution in [-0.4, -0.2) is 63.8 Å². The van der Waals surface area contributed by atoms with Crippen LogP contribution in [0.25, 0.3) is 5.65 Å². The van der Waals surface area contributed by atoms with Crippen LogP contribution in [0.1, 0.15) is 82.0 Å². The molecule has 2 N–H and O–H groups in total. The van der Waals surface area contributed by atoms with Gasteiger partial charge in [0.1, 0.15) is 11.3 Å². The van der Waals surface area contributed by atoms with Crippen LogP contribution in [0.5, 0.6) is 0 Å². The SMILES string of the molecule is Cc1nc2ccccn2c1C(=O)NCC1=NOC(Cc2ccccc2)(C(=O)N[C@@H](CC(C)C)B2O[C@@H]3C[C@@H]4C[C@@H](C4(C)C)[C@]3(C)O2)C1. The van der Waals surface area contributed by atoms with E-state index in [0.717, 1.165) is 12.0 Å². The van der Waals surface area contributed by atoms with Gasteiger partial charge in [-0.05, 0) is 74.0 Å². The van der Waals surface area contributed by atoms with Crippen molar-refractivity contribution in [3.05, 3.63) is 71.7 Å². The molecule has 248 valence electrons. The van der Waals surface area contributed by atoms with Gasteiger partial charge in [0, 0.05) is 19.0 Å². The van der Waals surface area contributed by atoms with Crippen LogP contribution >= 0.6 is 0 Å². The Balaban J connectivity index is 1.08. The number of rotatable bonds is 10. The van der Waals surface area contributed by atoms with Crippen molar-refractivity contribution in [1.82, 2.24) is 20.0 Å². The molecule has 1 saturated heterocycles. The molecule has 3 saturated carbocycles. The minimum atomic E-state index is -1.28. The highest BCUT2D eigenvalue weighted by atomic mass is 16.7. The van der Waals surface area contributed by atoms with Crippen molar-refractivity contribution < 1.29 is 23.7 Å². The molecule has 2 amide bonds. The molecule has 3 aliphatic carbocycles. The van der Waals surface area contributed by atoms with Gasteiger partial charge in [0.25, 0.3) is 11.8 Å². The summed E-state index contributed by atoms with van der Waals surface area (Å²) in [5, 5.41) is 10.7. The lowest BCUT2D eigenvalue weighted by Gasteiger charge is -2.64. The molecule has 1 unspecified atom stereocenters. The monoisotopic (exact) mass is 639 g/mol. The molecule has 8 rings (SSSR count). The predicted octanol–water partition coefficient (Wildman–Crippen LogP) is 4.93. The summed E-state index contributed by atoms with van der Waals surface area (Å²) in [7, 11) is -0.546. The van der Waals surface area contributed by atoms with E-state index in [9.17, 15) is 9.59 Å². The van der Waals surface area contributed by atoms with Gasteiger partial charge < -0.3 is 24.8 Å². The molecule has 5 aliphatic rings. The predicted molar refractivity (Wildman–Crippen MR) is 180 cm³/mol. The molecule has 2 aliphatic heterocycles. The van der Waals surface area contributed by atoms with E-state index >= 15 is 0 Å². The number of pyridine rings is 1. The van der Waals surface area contributed by atoms with Crippen LogP contribution in [0.2, 0.25) is 0 Å². The van der Waals surface area contributed by atoms with Crippen molar-refractivity contribution >= 4 is 30.3 Å². The maximum Gasteiger partial charge on any atom is 0.481 e. The first-order chi connectivity index (χ1) is 22.4. The van der Waals surface area contributed by atoms with E-state index in [1.807, 2.05) is 61.7 Å². The molecule has 3 aromatic rings. The van der Waals surface area contributed by atoms with Crippen LogP contribution in [0.3, 0.4) is 0 Å². The molecule has 47 heavy (non-hydrogen) atoms. The Morgan fingerprint density at radius 1 is 1.09 bits per heavy atom. The molecule has 6 atom stereocenters. The zero-order chi connectivity index (χ0) is 33.1. The fraction of sp³-hybridized carbons (Fsp3) is 0.556. The molecule has 0 spiro atoms. The summed E-state index contributed by atoms with van der Waals surface area (Å²) in [5.74, 6) is 0.483. The summed E-state index contributed by atoms with van der Waals surface area (Å²) < 4.78 is 15.2. The van der Waals surface area contributed by atoms with Gasteiger partial charge in [0.2, 0.25) is 5.60 Å². The van der Waals surface area contributed by atoms with Gasteiger partial charge in [-0.25, -0.2) is 4.98 Å². The van der Waals surface area contributed by atoms with Gasteiger partial charge in [-0.1, -0.05) is 69.2 Å². The number of aromatic nitrogens is 2. The van der Waals surface area contributed by atoms with Crippen LogP contribution in [0.4, 0.5) is 0 Å². The fourth-order valence-corrected chi connectivity index (χ4v) is 8.63. The van der Waals surface area contributed by atoms with E-state index in [0.29, 0.717) is 53.3 Å². The minimum Gasteiger partial charge on any atom is -0.404 e. The summed E-state index contributed by atoms with van der Waals surface area (Å²) in [6.07, 6.45) is 5.24. The first-order valence-electron chi connectivity index (χ1n) is 17.0. The van der Waals surface area contributed by atoms with Gasteiger partial charge in [0.15, 0.2) is 0 Å². The quantitative estimate of drug-likeness (QED) is 0.304. The number of nitrogens with one attached hydrogen (secondary N) is 2. The highest BCUT2D eigenvalue weighted by molar-refractivity contribution is 6.48. The van der Waals surface area contributed by atoms with Gasteiger partial charge in [-0.2, -0.15) is 0 Å². The van der Waals surface area contributed by atoms with Crippen LogP contribution < -0.4 is 10.6 Å². The van der Waals surface area contributed by atoms with E-state index < -0.39 is 12.7 Å². The van der Waals surface area contributed by atoms with Crippen molar-refractivity contribution in [3.63, 3.8) is 0 Å². The van der Waals surface area contributed by atoms with E-state index in [1.165, 1.54) is 6.42 Å². The molecule has 10 nitrogen and oxygen atoms in total. The second-order valence-electron chi connectivity index (χ2n) is 15.3. The standard InChI is InChI=1S/C36H46BN5O5/c1-22(2)16-29(37-45-28-18-25-17-27(34(25,4)5)35(28,6)46-37)40-33(44)36(19-24-12-8-7-9-13-24)20-26(41-47-36)21-38-32(43)31-23(3)39-30-14-10-11-15-42(30)31/h7-15,22,25,27-29H,16-21H2,1-6H3,(H,38,43)(H,40,44)/t25-,27-,28+,29-,35-,36?/m0/s1. The third kappa shape index (κ3) is 5.55. The van der Waals surface area contributed by atoms with Gasteiger partial charge in [-0.3, -0.25) is 14.0 Å². The van der Waals surface area contributed by atoms with E-state index in [-0.39, 0.29) is 47.8 Å². The summed E-state index contributed by atoms with van der Waals surface area (Å²) in [6.45, 7) is 13.1. The minimum absolute atomic E-state index is 0.0203. The number of hydrogen-bond acceptors (Lipinski definition) is 7. The summed E-state index contributed by atoms with van der Waals surface area (Å²) >= 11 is 0. The molecule has 2 bridgehead atoms. The third-order valence-electron chi connectivity index (χ3n) is 11.3. The van der Waals surface area contributed by atoms with Crippen molar-refractivity contribution in [3.8, 4) is 0 Å². The fourth-order valence-electron chi connectivity index (χ4n) is 8.63. The Bertz CT molecular complexity index is 1710. The van der Waals surface area contributed by atoms with Gasteiger partial charge >= 0.3 is 7.12 Å². The van der Waals surface area contributed by atoms with Crippen LogP contribution in [0.15, 0.2) is 59.9 Å². The van der Waals surface area contributed by atoms with Crippen LogP contribution in [-0.2, 0) is 25.4 Å². The number of carbonyl (C=O) groups is 2. The number of fused-ring (bicyclic) bond motifs is 1. The lowest BCUT2D eigenvalue weighted by Crippen LogP contribution is -2.65. The average molecular weight is 640 g/mol. The Labute approximate surface area is 277 Å². The molecule has 1 aromatic carbocycles. The van der Waals surface area contributed by atoms with Crippen molar-refractivity contribution in [2.45, 2.75) is 96.9 Å². The summed E-state index contributed by atoms with van der Waals surface area (Å²) in [5.41, 5.74) is 1.93. The van der Waals surface area contributed by atoms with E-state index in [2.05, 4.69) is 55.4 Å². The number of aryl methyl sites for hydroxylation is 1. The van der Waals surface area contributed by atoms with Crippen molar-refractivity contribution in [1.29, 1.82) is 0 Å². The van der Waals surface area contributed by atoms with E-state index in [1.54, 1.807) is 4.40 Å². The van der Waals surface area contributed by atoms with Gasteiger partial charge in [-0.15, -0.1) is 0 Å². The second-order valence-corrected chi connectivity index (χ2v) is 15.3. The number of benzene rings is 1. The lowest BCUT2D eigenvalue weighted by atomic mass is 9.43. The Hall–Kier alpha value is -3.70. The number of imidazole rings is 1. The molecular weight excluding hydrogens is 593 g/mol. The Morgan fingerprint density at radius 3 is 2.60 bits per heavy atom. The second kappa shape index (κ2) is 11.8. The number of amides is 2. The number of oxime groups is 1. The zero-order valence-corrected chi connectivity index (χ0v) is 28.3. The van der Waals surface area contributed by atoms with Crippen LogP contribution in [0, 0.1) is 30.1 Å². The lowest BCUT2D eigenvalue weighted by molar-refractivity contribution is -0.199. The first-order valence-corrected chi connectivity index (χ1v) is 17.0. The molecule has 2 aromatic heterocycles. The van der Waals surface area contributed by atoms with Crippen molar-refractivity contribution in [2.75, 3.05) is 6.54 Å². The smallest absolute Gasteiger partial charge is 0.404 e. The van der Waals surface area contributed by atoms with Crippen molar-refractivity contribution in [2.24, 2.45) is 28.3 Å². The number of nitrogens with zero attached hydrogens (tertiary/aromatic N) is 3. The Morgan fingerprint density at radius 2 is 1.85 bits per heavy atom. The average Bonchev–Trinajstić information content (AvgIpc) is 3.72. The molecule has 4 fully saturated rings. The third-order valence-corrected chi connectivity index (χ3v) is 11.3. The maximum atomic E-state index is 14.4. The summed E-state index contributed by atoms with van der Waals surface area (Å²) in [4.78, 5) is 38.3.